The minimum absolute atomic E-state index is 0.179. The Balaban J connectivity index is 1.83. The number of hydrogen-bond acceptors (Lipinski definition) is 4. The largest absolute Gasteiger partial charge is 0.391 e. The van der Waals surface area contributed by atoms with Gasteiger partial charge >= 0.3 is 0 Å². The van der Waals surface area contributed by atoms with Crippen molar-refractivity contribution in [1.29, 1.82) is 0 Å². The van der Waals surface area contributed by atoms with E-state index in [0.717, 1.165) is 30.6 Å². The number of aryl methyl sites for hydroxylation is 1. The summed E-state index contributed by atoms with van der Waals surface area (Å²) in [7, 11) is 1.78. The van der Waals surface area contributed by atoms with Crippen molar-refractivity contribution in [3.63, 3.8) is 0 Å². The molecule has 0 aromatic carbocycles. The smallest absolute Gasteiger partial charge is 0.255 e. The SMILES string of the molecule is Cn1cc(C(=O)N[C@H]2CCCC[C@@H]2O)c(-c2ccc(Cl)s2)n1. The second-order valence-electron chi connectivity index (χ2n) is 5.60. The number of carbonyl (C=O) groups is 1. The standard InChI is InChI=1S/C15H18ClN3O2S/c1-19-8-9(14(18-19)12-6-7-13(16)22-12)15(21)17-10-4-2-3-5-11(10)20/h6-8,10-11,20H,2-5H2,1H3,(H,17,21)/t10-,11-/m0/s1. The van der Waals surface area contributed by atoms with E-state index in [9.17, 15) is 9.90 Å². The predicted molar refractivity (Wildman–Crippen MR) is 87.3 cm³/mol. The maximum absolute atomic E-state index is 12.6. The summed E-state index contributed by atoms with van der Waals surface area (Å²) in [6.07, 6.45) is 4.84. The highest BCUT2D eigenvalue weighted by Gasteiger charge is 2.27. The third kappa shape index (κ3) is 3.19. The first-order chi connectivity index (χ1) is 10.5. The molecule has 1 fully saturated rings. The van der Waals surface area contributed by atoms with Gasteiger partial charge in [0.15, 0.2) is 0 Å². The summed E-state index contributed by atoms with van der Waals surface area (Å²) in [4.78, 5) is 13.4. The van der Waals surface area contributed by atoms with Gasteiger partial charge in [-0.3, -0.25) is 9.48 Å². The summed E-state index contributed by atoms with van der Waals surface area (Å²) in [5.41, 5.74) is 1.14. The Morgan fingerprint density at radius 1 is 1.45 bits per heavy atom. The van der Waals surface area contributed by atoms with Crippen LogP contribution in [-0.4, -0.2) is 32.9 Å². The molecule has 0 radical (unpaired) electrons. The number of nitrogens with zero attached hydrogens (tertiary/aromatic N) is 2. The Morgan fingerprint density at radius 3 is 2.91 bits per heavy atom. The second-order valence-corrected chi connectivity index (χ2v) is 7.32. The summed E-state index contributed by atoms with van der Waals surface area (Å²) in [6, 6.07) is 3.48. The van der Waals surface area contributed by atoms with Gasteiger partial charge in [-0.2, -0.15) is 5.10 Å². The molecule has 7 heteroatoms. The van der Waals surface area contributed by atoms with Crippen molar-refractivity contribution in [2.75, 3.05) is 0 Å². The van der Waals surface area contributed by atoms with Crippen molar-refractivity contribution in [1.82, 2.24) is 15.1 Å². The molecule has 1 saturated carbocycles. The number of amides is 1. The van der Waals surface area contributed by atoms with Crippen LogP contribution in [-0.2, 0) is 7.05 Å². The number of carbonyl (C=O) groups excluding carboxylic acids is 1. The molecule has 2 atom stereocenters. The fourth-order valence-corrected chi connectivity index (χ4v) is 3.85. The molecule has 1 amide bonds. The highest BCUT2D eigenvalue weighted by Crippen LogP contribution is 2.32. The second kappa shape index (κ2) is 6.40. The number of thiophene rings is 1. The third-order valence-corrected chi connectivity index (χ3v) is 5.16. The van der Waals surface area contributed by atoms with Crippen LogP contribution in [0, 0.1) is 0 Å². The van der Waals surface area contributed by atoms with Gasteiger partial charge in [0, 0.05) is 13.2 Å². The summed E-state index contributed by atoms with van der Waals surface area (Å²) < 4.78 is 2.28. The predicted octanol–water partition coefficient (Wildman–Crippen LogP) is 2.84. The van der Waals surface area contributed by atoms with E-state index in [2.05, 4.69) is 10.4 Å². The molecule has 1 aliphatic carbocycles. The molecule has 118 valence electrons. The lowest BCUT2D eigenvalue weighted by Crippen LogP contribution is -2.45. The molecule has 0 unspecified atom stereocenters. The third-order valence-electron chi connectivity index (χ3n) is 3.93. The molecule has 2 aromatic rings. The Bertz CT molecular complexity index is 682. The van der Waals surface area contributed by atoms with Crippen molar-refractivity contribution in [2.45, 2.75) is 37.8 Å². The van der Waals surface area contributed by atoms with E-state index in [1.54, 1.807) is 24.0 Å². The van der Waals surface area contributed by atoms with Gasteiger partial charge in [-0.25, -0.2) is 0 Å². The highest BCUT2D eigenvalue weighted by atomic mass is 35.5. The zero-order chi connectivity index (χ0) is 15.7. The lowest BCUT2D eigenvalue weighted by atomic mass is 9.92. The zero-order valence-corrected chi connectivity index (χ0v) is 13.8. The molecule has 0 aliphatic heterocycles. The zero-order valence-electron chi connectivity index (χ0n) is 12.3. The average Bonchev–Trinajstić information content (AvgIpc) is 3.07. The molecular formula is C15H18ClN3O2S. The van der Waals surface area contributed by atoms with Gasteiger partial charge in [-0.1, -0.05) is 24.4 Å². The highest BCUT2D eigenvalue weighted by molar-refractivity contribution is 7.19. The van der Waals surface area contributed by atoms with Crippen LogP contribution in [0.15, 0.2) is 18.3 Å². The van der Waals surface area contributed by atoms with E-state index >= 15 is 0 Å². The Kier molecular flexibility index (Phi) is 4.52. The van der Waals surface area contributed by atoms with Crippen LogP contribution in [0.2, 0.25) is 4.34 Å². The monoisotopic (exact) mass is 339 g/mol. The summed E-state index contributed by atoms with van der Waals surface area (Å²) in [5, 5.41) is 17.3. The van der Waals surface area contributed by atoms with Crippen molar-refractivity contribution in [2.24, 2.45) is 7.05 Å². The van der Waals surface area contributed by atoms with E-state index in [4.69, 9.17) is 11.6 Å². The average molecular weight is 340 g/mol. The molecule has 0 bridgehead atoms. The molecule has 2 aromatic heterocycles. The quantitative estimate of drug-likeness (QED) is 0.903. The van der Waals surface area contributed by atoms with Crippen LogP contribution >= 0.6 is 22.9 Å². The van der Waals surface area contributed by atoms with Gasteiger partial charge in [0.25, 0.3) is 5.91 Å². The molecule has 3 rings (SSSR count). The minimum atomic E-state index is -0.464. The van der Waals surface area contributed by atoms with Crippen LogP contribution in [0.5, 0.6) is 0 Å². The van der Waals surface area contributed by atoms with Gasteiger partial charge in [0.05, 0.1) is 26.9 Å². The van der Waals surface area contributed by atoms with Crippen molar-refractivity contribution in [3.05, 3.63) is 28.2 Å². The molecule has 22 heavy (non-hydrogen) atoms. The maximum atomic E-state index is 12.6. The van der Waals surface area contributed by atoms with Crippen molar-refractivity contribution in [3.8, 4) is 10.6 Å². The number of aliphatic hydroxyl groups is 1. The number of halogens is 1. The first kappa shape index (κ1) is 15.5. The Hall–Kier alpha value is -1.37. The molecule has 0 spiro atoms. The first-order valence-corrected chi connectivity index (χ1v) is 8.52. The van der Waals surface area contributed by atoms with Crippen LogP contribution < -0.4 is 5.32 Å². The molecular weight excluding hydrogens is 322 g/mol. The lowest BCUT2D eigenvalue weighted by molar-refractivity contribution is 0.0717. The van der Waals surface area contributed by atoms with Gasteiger partial charge in [-0.15, -0.1) is 11.3 Å². The van der Waals surface area contributed by atoms with Crippen LogP contribution in [0.1, 0.15) is 36.0 Å². The van der Waals surface area contributed by atoms with E-state index < -0.39 is 6.10 Å². The fraction of sp³-hybridized carbons (Fsp3) is 0.467. The van der Waals surface area contributed by atoms with Crippen LogP contribution in [0.4, 0.5) is 0 Å². The Labute approximate surface area is 137 Å². The van der Waals surface area contributed by atoms with Crippen LogP contribution in [0.25, 0.3) is 10.6 Å². The van der Waals surface area contributed by atoms with Crippen molar-refractivity contribution < 1.29 is 9.90 Å². The summed E-state index contributed by atoms with van der Waals surface area (Å²) in [5.74, 6) is -0.196. The summed E-state index contributed by atoms with van der Waals surface area (Å²) in [6.45, 7) is 0. The topological polar surface area (TPSA) is 67.2 Å². The van der Waals surface area contributed by atoms with Crippen molar-refractivity contribution >= 4 is 28.8 Å². The normalized spacial score (nSPS) is 21.8. The van der Waals surface area contributed by atoms with E-state index in [0.29, 0.717) is 15.6 Å². The lowest BCUT2D eigenvalue weighted by Gasteiger charge is -2.28. The molecule has 2 heterocycles. The van der Waals surface area contributed by atoms with Crippen LogP contribution in [0.3, 0.4) is 0 Å². The van der Waals surface area contributed by atoms with E-state index in [-0.39, 0.29) is 11.9 Å². The number of hydrogen-bond donors (Lipinski definition) is 2. The Morgan fingerprint density at radius 2 is 2.23 bits per heavy atom. The number of nitrogens with one attached hydrogen (secondary N) is 1. The molecule has 1 aliphatic rings. The maximum Gasteiger partial charge on any atom is 0.255 e. The minimum Gasteiger partial charge on any atom is -0.391 e. The fourth-order valence-electron chi connectivity index (χ4n) is 2.80. The number of aromatic nitrogens is 2. The van der Waals surface area contributed by atoms with Gasteiger partial charge < -0.3 is 10.4 Å². The number of aliphatic hydroxyl groups excluding tert-OH is 1. The van der Waals surface area contributed by atoms with Gasteiger partial charge in [-0.05, 0) is 25.0 Å². The number of rotatable bonds is 3. The molecule has 0 saturated heterocycles. The molecule has 2 N–H and O–H groups in total. The van der Waals surface area contributed by atoms with Gasteiger partial charge in [0.1, 0.15) is 5.69 Å². The molecule has 5 nitrogen and oxygen atoms in total. The van der Waals surface area contributed by atoms with E-state index in [1.807, 2.05) is 6.07 Å². The summed E-state index contributed by atoms with van der Waals surface area (Å²) >= 11 is 7.37. The first-order valence-electron chi connectivity index (χ1n) is 7.33. The van der Waals surface area contributed by atoms with E-state index in [1.165, 1.54) is 11.3 Å². The van der Waals surface area contributed by atoms with Gasteiger partial charge in [0.2, 0.25) is 0 Å².